The molecule has 4 heterocycles. The van der Waals surface area contributed by atoms with Crippen molar-refractivity contribution in [2.75, 3.05) is 6.61 Å². The maximum absolute atomic E-state index is 12.9. The third-order valence-electron chi connectivity index (χ3n) is 8.83. The van der Waals surface area contributed by atoms with Crippen LogP contribution in [0.4, 0.5) is 0 Å². The molecule has 4 rings (SSSR count). The number of carbonyl (C=O) groups is 1. The molecule has 0 aliphatic carbocycles. The molecule has 16 heteroatoms. The first-order valence-corrected chi connectivity index (χ1v) is 13.7. The quantitative estimate of drug-likeness (QED) is 0.221. The Kier molecular flexibility index (Phi) is 9.78. The number of ether oxygens (including phenoxy) is 6. The van der Waals surface area contributed by atoms with Gasteiger partial charge in [0.25, 0.3) is 0 Å². The Hall–Kier alpha value is -2.64. The predicted octanol–water partition coefficient (Wildman–Crippen LogP) is 4.54. The van der Waals surface area contributed by atoms with Crippen LogP contribution in [0.3, 0.4) is 0 Å². The van der Waals surface area contributed by atoms with E-state index in [1.54, 1.807) is 6.92 Å². The topological polar surface area (TPSA) is 219 Å². The maximum atomic E-state index is 12.9. The zero-order valence-electron chi connectivity index (χ0n) is 23.5. The third kappa shape index (κ3) is 5.73. The minimum atomic E-state index is -1.12. The van der Waals surface area contributed by atoms with Crippen LogP contribution >= 0.6 is 0 Å². The van der Waals surface area contributed by atoms with Crippen molar-refractivity contribution >= 4 is 5.78 Å². The van der Waals surface area contributed by atoms with E-state index < -0.39 is 67.3 Å². The molecule has 4 aliphatic rings. The molecule has 15 atom stereocenters. The van der Waals surface area contributed by atoms with Gasteiger partial charge in [-0.05, 0) is 53.6 Å². The van der Waals surface area contributed by atoms with Gasteiger partial charge in [0, 0.05) is 14.7 Å². The summed E-state index contributed by atoms with van der Waals surface area (Å²) in [6, 6.07) is -2.16. The number of nitrogens with zero attached hydrogens (tertiary/aromatic N) is 9. The molecule has 0 saturated carbocycles. The summed E-state index contributed by atoms with van der Waals surface area (Å²) in [6.45, 7) is 11.3. The molecule has 0 spiro atoms. The summed E-state index contributed by atoms with van der Waals surface area (Å²) in [5, 5.41) is 11.8. The molecular weight excluding hydrogens is 526 g/mol. The van der Waals surface area contributed by atoms with Gasteiger partial charge in [-0.15, -0.1) is 0 Å². The molecule has 0 aromatic rings. The lowest BCUT2D eigenvalue weighted by molar-refractivity contribution is -0.315. The van der Waals surface area contributed by atoms with Gasteiger partial charge in [0.2, 0.25) is 0 Å². The normalized spacial score (nSPS) is 46.4. The molecule has 2 bridgehead atoms. The standard InChI is InChI=1S/C24H37N9O7/c1-7-14-9(2)10(3)16(28-31-25)23(36-14)39-20-12(5)18(30-33-27)24(40-21(20)13(6)34)38-19-11(4)17(29-32-26)22-35-8-15(19)37-22/h9-12,14-24H,7-8H2,1-6H3/t9-,10-,11+,12+,14-,15?,16?,17?,18?,19-,20-,21-,22+,23+,24+/m0/s1. The summed E-state index contributed by atoms with van der Waals surface area (Å²) in [5.74, 6) is -1.13. The van der Waals surface area contributed by atoms with Crippen molar-refractivity contribution in [1.29, 1.82) is 0 Å². The van der Waals surface area contributed by atoms with E-state index in [4.69, 9.17) is 34.0 Å². The third-order valence-corrected chi connectivity index (χ3v) is 8.83. The second kappa shape index (κ2) is 12.9. The first-order chi connectivity index (χ1) is 19.2. The van der Waals surface area contributed by atoms with Crippen LogP contribution in [0.1, 0.15) is 48.0 Å². The van der Waals surface area contributed by atoms with Gasteiger partial charge in [-0.2, -0.15) is 0 Å². The number of hydrogen-bond acceptors (Lipinski definition) is 10. The number of ketones is 1. The van der Waals surface area contributed by atoms with E-state index in [0.29, 0.717) is 0 Å². The largest absolute Gasteiger partial charge is 0.349 e. The average molecular weight is 564 g/mol. The second-order valence-corrected chi connectivity index (χ2v) is 11.1. The van der Waals surface area contributed by atoms with Crippen LogP contribution in [0, 0.1) is 23.7 Å². The van der Waals surface area contributed by atoms with Gasteiger partial charge in [0.15, 0.2) is 24.7 Å². The van der Waals surface area contributed by atoms with Gasteiger partial charge in [-0.3, -0.25) is 4.79 Å². The molecule has 16 nitrogen and oxygen atoms in total. The lowest BCUT2D eigenvalue weighted by Crippen LogP contribution is -2.61. The Bertz CT molecular complexity index is 1080. The van der Waals surface area contributed by atoms with Crippen molar-refractivity contribution < 1.29 is 33.2 Å². The minimum Gasteiger partial charge on any atom is -0.349 e. The van der Waals surface area contributed by atoms with Crippen LogP contribution in [-0.2, 0) is 33.2 Å². The fraction of sp³-hybridized carbons (Fsp3) is 0.958. The van der Waals surface area contributed by atoms with Crippen LogP contribution in [0.2, 0.25) is 0 Å². The molecule has 0 aromatic carbocycles. The zero-order valence-corrected chi connectivity index (χ0v) is 23.5. The molecule has 0 amide bonds. The Labute approximate surface area is 231 Å². The average Bonchev–Trinajstić information content (AvgIpc) is 3.37. The van der Waals surface area contributed by atoms with Crippen molar-refractivity contribution in [3.05, 3.63) is 31.3 Å². The SMILES string of the molecule is CC[C@@H]1O[C@H](O[C@H]2[C@H](C)C(N=[N+]=[N-])[C@H](O[C@@H]3C4CO[C@H](O4)C(N=[N+]=[N-])[C@H]3C)O[C@H]2C(C)=O)C(N=[N+]=[N-])[C@@H](C)[C@@H]1C. The van der Waals surface area contributed by atoms with Crippen LogP contribution in [0.15, 0.2) is 15.3 Å². The smallest absolute Gasteiger partial charge is 0.168 e. The summed E-state index contributed by atoms with van der Waals surface area (Å²) in [4.78, 5) is 21.8. The minimum absolute atomic E-state index is 0.0477. The van der Waals surface area contributed by atoms with E-state index in [0.717, 1.165) is 6.42 Å². The number of azide groups is 3. The van der Waals surface area contributed by atoms with Crippen LogP contribution in [0.25, 0.3) is 31.3 Å². The molecule has 40 heavy (non-hydrogen) atoms. The molecular formula is C24H37N9O7. The molecule has 0 radical (unpaired) electrons. The Morgan fingerprint density at radius 3 is 1.95 bits per heavy atom. The molecule has 220 valence electrons. The van der Waals surface area contributed by atoms with E-state index in [-0.39, 0.29) is 36.2 Å². The van der Waals surface area contributed by atoms with E-state index in [1.807, 2.05) is 27.7 Å². The highest BCUT2D eigenvalue weighted by molar-refractivity contribution is 5.81. The number of carbonyl (C=O) groups excluding carboxylic acids is 1. The van der Waals surface area contributed by atoms with Crippen molar-refractivity contribution in [1.82, 2.24) is 0 Å². The monoisotopic (exact) mass is 563 g/mol. The summed E-state index contributed by atoms with van der Waals surface area (Å²) >= 11 is 0. The first-order valence-electron chi connectivity index (χ1n) is 13.7. The van der Waals surface area contributed by atoms with Crippen LogP contribution < -0.4 is 0 Å². The van der Waals surface area contributed by atoms with E-state index in [1.165, 1.54) is 6.92 Å². The van der Waals surface area contributed by atoms with Crippen molar-refractivity contribution in [2.24, 2.45) is 39.0 Å². The van der Waals surface area contributed by atoms with Crippen LogP contribution in [0.5, 0.6) is 0 Å². The molecule has 4 aliphatic heterocycles. The summed E-state index contributed by atoms with van der Waals surface area (Å²) in [7, 11) is 0. The number of Topliss-reactive ketones (excluding diaryl/α,β-unsaturated/α-hetero) is 1. The highest BCUT2D eigenvalue weighted by atomic mass is 16.8. The first kappa shape index (κ1) is 30.3. The summed E-state index contributed by atoms with van der Waals surface area (Å²) in [5.41, 5.74) is 27.7. The Morgan fingerprint density at radius 1 is 0.800 bits per heavy atom. The van der Waals surface area contributed by atoms with Gasteiger partial charge in [-0.25, -0.2) is 0 Å². The lowest BCUT2D eigenvalue weighted by atomic mass is 9.81. The van der Waals surface area contributed by atoms with Gasteiger partial charge in [0.05, 0.1) is 43.0 Å². The van der Waals surface area contributed by atoms with Gasteiger partial charge in [-0.1, -0.05) is 50.0 Å². The van der Waals surface area contributed by atoms with E-state index in [9.17, 15) is 15.9 Å². The Balaban J connectivity index is 1.60. The van der Waals surface area contributed by atoms with Crippen molar-refractivity contribution in [2.45, 2.75) is 115 Å². The van der Waals surface area contributed by atoms with Gasteiger partial charge >= 0.3 is 0 Å². The van der Waals surface area contributed by atoms with Gasteiger partial charge < -0.3 is 28.4 Å². The van der Waals surface area contributed by atoms with Crippen molar-refractivity contribution in [3.63, 3.8) is 0 Å². The highest BCUT2D eigenvalue weighted by Gasteiger charge is 2.54. The summed E-state index contributed by atoms with van der Waals surface area (Å²) < 4.78 is 36.6. The van der Waals surface area contributed by atoms with E-state index in [2.05, 4.69) is 30.1 Å². The summed E-state index contributed by atoms with van der Waals surface area (Å²) in [6.07, 6.45) is -5.21. The number of hydrogen-bond donors (Lipinski definition) is 0. The maximum Gasteiger partial charge on any atom is 0.168 e. The molecule has 0 aromatic heterocycles. The molecule has 4 unspecified atom stereocenters. The molecule has 4 fully saturated rings. The van der Waals surface area contributed by atoms with Crippen LogP contribution in [-0.4, -0.2) is 79.9 Å². The highest BCUT2D eigenvalue weighted by Crippen LogP contribution is 2.41. The van der Waals surface area contributed by atoms with Gasteiger partial charge in [0.1, 0.15) is 12.2 Å². The fourth-order valence-corrected chi connectivity index (χ4v) is 6.26. The number of fused-ring (bicyclic) bond motifs is 2. The van der Waals surface area contributed by atoms with Crippen molar-refractivity contribution in [3.8, 4) is 0 Å². The second-order valence-electron chi connectivity index (χ2n) is 11.1. The zero-order chi connectivity index (χ0) is 29.1. The Morgan fingerprint density at radius 2 is 1.35 bits per heavy atom. The number of rotatable bonds is 9. The molecule has 0 N–H and O–H groups in total. The molecule has 4 saturated heterocycles. The van der Waals surface area contributed by atoms with E-state index >= 15 is 0 Å². The fourth-order valence-electron chi connectivity index (χ4n) is 6.26. The lowest BCUT2D eigenvalue weighted by Gasteiger charge is -2.49. The predicted molar refractivity (Wildman–Crippen MR) is 138 cm³/mol.